The van der Waals surface area contributed by atoms with Crippen molar-refractivity contribution in [1.82, 2.24) is 4.98 Å². The maximum absolute atomic E-state index is 6.54. The average Bonchev–Trinajstić information content (AvgIpc) is 2.86. The Morgan fingerprint density at radius 2 is 2.11 bits per heavy atom. The molecule has 0 atom stereocenters. The molecule has 0 aliphatic carbocycles. The summed E-state index contributed by atoms with van der Waals surface area (Å²) in [5.41, 5.74) is 6.82. The van der Waals surface area contributed by atoms with Gasteiger partial charge in [-0.1, -0.05) is 6.07 Å². The Hall–Kier alpha value is -1.94. The highest BCUT2D eigenvalue weighted by Crippen LogP contribution is 2.25. The molecule has 2 aromatic rings. The molecule has 4 heteroatoms. The molecule has 0 spiro atoms. The lowest BCUT2D eigenvalue weighted by molar-refractivity contribution is 1.34. The predicted octanol–water partition coefficient (Wildman–Crippen LogP) is 3.62. The summed E-state index contributed by atoms with van der Waals surface area (Å²) in [5.74, 6) is 0. The Kier molecular flexibility index (Phi) is 5.80. The summed E-state index contributed by atoms with van der Waals surface area (Å²) in [6, 6.07) is 10.2. The minimum atomic E-state index is 0.787. The standard InChI is InChI=1S/C10H9NS.C4H8N2/c1-8-5-6-10(12-8)9-4-2-3-7-11-9;1-4(2-5)3-6/h2-7H,1H3;2-3,5H,6H2,1H3/b;4-3-,5-2?. The van der Waals surface area contributed by atoms with Crippen LogP contribution in [-0.2, 0) is 0 Å². The van der Waals surface area contributed by atoms with E-state index in [1.165, 1.54) is 22.2 Å². The van der Waals surface area contributed by atoms with E-state index >= 15 is 0 Å². The molecule has 0 aliphatic heterocycles. The van der Waals surface area contributed by atoms with E-state index < -0.39 is 0 Å². The van der Waals surface area contributed by atoms with Crippen LogP contribution in [0, 0.1) is 12.3 Å². The third-order valence-corrected chi connectivity index (χ3v) is 3.17. The van der Waals surface area contributed by atoms with Gasteiger partial charge in [-0.15, -0.1) is 11.3 Å². The highest BCUT2D eigenvalue weighted by molar-refractivity contribution is 7.15. The molecule has 0 saturated carbocycles. The van der Waals surface area contributed by atoms with Crippen molar-refractivity contribution in [2.45, 2.75) is 13.8 Å². The van der Waals surface area contributed by atoms with E-state index in [-0.39, 0.29) is 0 Å². The van der Waals surface area contributed by atoms with Crippen LogP contribution in [-0.4, -0.2) is 11.2 Å². The fraction of sp³-hybridized carbons (Fsp3) is 0.143. The summed E-state index contributed by atoms with van der Waals surface area (Å²) >= 11 is 1.78. The van der Waals surface area contributed by atoms with Crippen molar-refractivity contribution in [3.63, 3.8) is 0 Å². The SMILES string of the molecule is C/C(C=N)=C/N.Cc1ccc(-c2ccccn2)s1. The second kappa shape index (κ2) is 7.40. The summed E-state index contributed by atoms with van der Waals surface area (Å²) in [7, 11) is 0. The van der Waals surface area contributed by atoms with Crippen LogP contribution in [0.3, 0.4) is 0 Å². The van der Waals surface area contributed by atoms with Crippen molar-refractivity contribution in [2.75, 3.05) is 0 Å². The van der Waals surface area contributed by atoms with Crippen LogP contribution in [0.1, 0.15) is 11.8 Å². The molecule has 0 amide bonds. The fourth-order valence-corrected chi connectivity index (χ4v) is 1.97. The lowest BCUT2D eigenvalue weighted by Crippen LogP contribution is -1.82. The number of nitrogens with one attached hydrogen (secondary N) is 1. The van der Waals surface area contributed by atoms with Crippen molar-refractivity contribution >= 4 is 17.6 Å². The zero-order chi connectivity index (χ0) is 13.4. The van der Waals surface area contributed by atoms with Crippen molar-refractivity contribution in [2.24, 2.45) is 5.73 Å². The van der Waals surface area contributed by atoms with Crippen LogP contribution in [0.25, 0.3) is 10.6 Å². The Labute approximate surface area is 112 Å². The number of pyridine rings is 1. The molecular formula is C14H17N3S. The second-order valence-corrected chi connectivity index (χ2v) is 4.97. The topological polar surface area (TPSA) is 62.8 Å². The number of aromatic nitrogens is 1. The van der Waals surface area contributed by atoms with E-state index in [4.69, 9.17) is 11.1 Å². The first-order valence-corrected chi connectivity index (χ1v) is 6.36. The first-order chi connectivity index (χ1) is 8.67. The molecule has 2 rings (SSSR count). The Bertz CT molecular complexity index is 515. The molecule has 0 aromatic carbocycles. The highest BCUT2D eigenvalue weighted by Gasteiger charge is 1.99. The summed E-state index contributed by atoms with van der Waals surface area (Å²) in [6.07, 6.45) is 4.43. The van der Waals surface area contributed by atoms with Crippen molar-refractivity contribution < 1.29 is 0 Å². The van der Waals surface area contributed by atoms with Gasteiger partial charge in [-0.25, -0.2) is 0 Å². The summed E-state index contributed by atoms with van der Waals surface area (Å²) in [5, 5.41) is 6.54. The summed E-state index contributed by atoms with van der Waals surface area (Å²) in [6.45, 7) is 3.88. The molecule has 0 saturated heterocycles. The van der Waals surface area contributed by atoms with E-state index in [1.54, 1.807) is 18.3 Å². The van der Waals surface area contributed by atoms with Gasteiger partial charge in [0.05, 0.1) is 10.6 Å². The normalized spacial score (nSPS) is 10.4. The van der Waals surface area contributed by atoms with Crippen LogP contribution in [0.4, 0.5) is 0 Å². The van der Waals surface area contributed by atoms with Crippen molar-refractivity contribution in [3.8, 4) is 10.6 Å². The molecule has 2 heterocycles. The molecule has 94 valence electrons. The maximum Gasteiger partial charge on any atom is 0.0801 e. The van der Waals surface area contributed by atoms with E-state index in [2.05, 4.69) is 24.0 Å². The molecule has 0 bridgehead atoms. The maximum atomic E-state index is 6.54. The Morgan fingerprint density at radius 3 is 2.50 bits per heavy atom. The van der Waals surface area contributed by atoms with Crippen LogP contribution < -0.4 is 5.73 Å². The van der Waals surface area contributed by atoms with E-state index in [1.807, 2.05) is 24.4 Å². The first-order valence-electron chi connectivity index (χ1n) is 5.54. The number of nitrogens with zero attached hydrogens (tertiary/aromatic N) is 1. The van der Waals surface area contributed by atoms with Crippen LogP contribution in [0.5, 0.6) is 0 Å². The van der Waals surface area contributed by atoms with Gasteiger partial charge >= 0.3 is 0 Å². The minimum absolute atomic E-state index is 0.787. The number of rotatable bonds is 2. The molecular weight excluding hydrogens is 242 g/mol. The number of hydrogen-bond acceptors (Lipinski definition) is 4. The molecule has 18 heavy (non-hydrogen) atoms. The van der Waals surface area contributed by atoms with Gasteiger partial charge in [-0.05, 0) is 49.9 Å². The predicted molar refractivity (Wildman–Crippen MR) is 79.0 cm³/mol. The van der Waals surface area contributed by atoms with Gasteiger partial charge in [0, 0.05) is 17.3 Å². The van der Waals surface area contributed by atoms with Gasteiger partial charge in [-0.3, -0.25) is 4.98 Å². The number of nitrogens with two attached hydrogens (primary N) is 1. The van der Waals surface area contributed by atoms with Gasteiger partial charge in [0.15, 0.2) is 0 Å². The highest BCUT2D eigenvalue weighted by atomic mass is 32.1. The average molecular weight is 259 g/mol. The molecule has 0 radical (unpaired) electrons. The van der Waals surface area contributed by atoms with Gasteiger partial charge in [-0.2, -0.15) is 0 Å². The number of hydrogen-bond donors (Lipinski definition) is 2. The Morgan fingerprint density at radius 1 is 1.33 bits per heavy atom. The quantitative estimate of drug-likeness (QED) is 0.809. The van der Waals surface area contributed by atoms with Crippen LogP contribution in [0.15, 0.2) is 48.3 Å². The number of allylic oxidation sites excluding steroid dienone is 1. The molecule has 0 fully saturated rings. The molecule has 2 aromatic heterocycles. The van der Waals surface area contributed by atoms with Crippen molar-refractivity contribution in [1.29, 1.82) is 5.41 Å². The summed E-state index contributed by atoms with van der Waals surface area (Å²) in [4.78, 5) is 6.85. The van der Waals surface area contributed by atoms with Gasteiger partial charge in [0.2, 0.25) is 0 Å². The monoisotopic (exact) mass is 259 g/mol. The molecule has 3 N–H and O–H groups in total. The smallest absolute Gasteiger partial charge is 0.0801 e. The minimum Gasteiger partial charge on any atom is -0.404 e. The number of aryl methyl sites for hydroxylation is 1. The zero-order valence-corrected chi connectivity index (χ0v) is 11.4. The van der Waals surface area contributed by atoms with Gasteiger partial charge < -0.3 is 11.1 Å². The zero-order valence-electron chi connectivity index (χ0n) is 10.6. The molecule has 0 unspecified atom stereocenters. The Balaban J connectivity index is 0.000000232. The largest absolute Gasteiger partial charge is 0.404 e. The first kappa shape index (κ1) is 14.1. The molecule has 3 nitrogen and oxygen atoms in total. The van der Waals surface area contributed by atoms with E-state index in [9.17, 15) is 0 Å². The van der Waals surface area contributed by atoms with Crippen molar-refractivity contribution in [3.05, 3.63) is 53.2 Å². The van der Waals surface area contributed by atoms with Gasteiger partial charge in [0.1, 0.15) is 0 Å². The lowest BCUT2D eigenvalue weighted by atomic mass is 10.3. The third-order valence-electron chi connectivity index (χ3n) is 2.15. The van der Waals surface area contributed by atoms with Crippen LogP contribution >= 0.6 is 11.3 Å². The van der Waals surface area contributed by atoms with E-state index in [0.29, 0.717) is 0 Å². The fourth-order valence-electron chi connectivity index (χ4n) is 1.13. The van der Waals surface area contributed by atoms with Crippen LogP contribution in [0.2, 0.25) is 0 Å². The third kappa shape index (κ3) is 4.51. The second-order valence-electron chi connectivity index (χ2n) is 3.68. The summed E-state index contributed by atoms with van der Waals surface area (Å²) < 4.78 is 0. The van der Waals surface area contributed by atoms with Gasteiger partial charge in [0.25, 0.3) is 0 Å². The number of thiophene rings is 1. The van der Waals surface area contributed by atoms with E-state index in [0.717, 1.165) is 11.3 Å². The lowest BCUT2D eigenvalue weighted by Gasteiger charge is -1.92. The molecule has 0 aliphatic rings.